The zero-order valence-electron chi connectivity index (χ0n) is 18.4. The number of H-pyrrole nitrogens is 1. The summed E-state index contributed by atoms with van der Waals surface area (Å²) in [5, 5.41) is 24.8. The number of nitrogens with zero attached hydrogens (tertiary/aromatic N) is 3. The first-order valence-electron chi connectivity index (χ1n) is 11.0. The number of thioether (sulfide) groups is 1. The first kappa shape index (κ1) is 23.3. The Hall–Kier alpha value is -2.84. The van der Waals surface area contributed by atoms with Gasteiger partial charge in [0, 0.05) is 5.02 Å². The normalized spacial score (nSPS) is 14.9. The molecule has 0 atom stereocenters. The largest absolute Gasteiger partial charge is 0.872 e. The van der Waals surface area contributed by atoms with Crippen molar-refractivity contribution in [3.63, 3.8) is 0 Å². The van der Waals surface area contributed by atoms with Gasteiger partial charge in [-0.1, -0.05) is 42.3 Å². The number of carbonyl (C=O) groups excluding carboxylic acids is 1. The molecule has 1 heterocycles. The topological polar surface area (TPSA) is 97.1 Å². The summed E-state index contributed by atoms with van der Waals surface area (Å²) in [5.74, 6) is 0.777. The zero-order valence-corrected chi connectivity index (χ0v) is 20.0. The fourth-order valence-corrected chi connectivity index (χ4v) is 4.93. The van der Waals surface area contributed by atoms with Crippen molar-refractivity contribution in [1.82, 2.24) is 15.6 Å². The molecule has 172 valence electrons. The molecule has 1 aromatic heterocycles. The molecular weight excluding hydrogens is 458 g/mol. The van der Waals surface area contributed by atoms with Crippen LogP contribution in [-0.4, -0.2) is 27.6 Å². The molecule has 0 aliphatic heterocycles. The molecule has 0 unspecified atom stereocenters. The SMILES string of the molecule is C/C(=N/NC(=O)CSc1n[nH]c(-c2ccc(Cl)cc2)[n+]1C1CCCCC1)c1cccc([O-])c1. The summed E-state index contributed by atoms with van der Waals surface area (Å²) in [7, 11) is 0. The lowest BCUT2D eigenvalue weighted by Crippen LogP contribution is -2.43. The van der Waals surface area contributed by atoms with Gasteiger partial charge in [0.15, 0.2) is 0 Å². The first-order valence-corrected chi connectivity index (χ1v) is 12.4. The highest BCUT2D eigenvalue weighted by molar-refractivity contribution is 7.99. The number of nitrogens with one attached hydrogen (secondary N) is 2. The quantitative estimate of drug-likeness (QED) is 0.227. The number of amides is 1. The van der Waals surface area contributed by atoms with E-state index in [-0.39, 0.29) is 17.4 Å². The molecule has 1 amide bonds. The maximum absolute atomic E-state index is 12.5. The van der Waals surface area contributed by atoms with E-state index in [4.69, 9.17) is 11.6 Å². The lowest BCUT2D eigenvalue weighted by Gasteiger charge is -2.21. The van der Waals surface area contributed by atoms with E-state index < -0.39 is 0 Å². The van der Waals surface area contributed by atoms with Crippen LogP contribution in [0.3, 0.4) is 0 Å². The van der Waals surface area contributed by atoms with E-state index in [9.17, 15) is 9.90 Å². The Balaban J connectivity index is 1.47. The maximum atomic E-state index is 12.5. The smallest absolute Gasteiger partial charge is 0.337 e. The Kier molecular flexibility index (Phi) is 7.67. The van der Waals surface area contributed by atoms with Gasteiger partial charge in [-0.15, -0.1) is 10.8 Å². The van der Waals surface area contributed by atoms with Gasteiger partial charge in [0.05, 0.1) is 28.2 Å². The monoisotopic (exact) mass is 483 g/mol. The van der Waals surface area contributed by atoms with Crippen molar-refractivity contribution >= 4 is 35.0 Å². The molecule has 2 N–H and O–H groups in total. The number of hydrogen-bond acceptors (Lipinski definition) is 5. The van der Waals surface area contributed by atoms with Crippen LogP contribution in [0.2, 0.25) is 5.02 Å². The minimum absolute atomic E-state index is 0.0915. The minimum atomic E-state index is -0.233. The van der Waals surface area contributed by atoms with E-state index in [0.717, 1.165) is 29.4 Å². The summed E-state index contributed by atoms with van der Waals surface area (Å²) < 4.78 is 2.23. The van der Waals surface area contributed by atoms with Gasteiger partial charge < -0.3 is 5.11 Å². The Bertz CT molecular complexity index is 1140. The van der Waals surface area contributed by atoms with E-state index in [1.54, 1.807) is 19.1 Å². The number of halogens is 1. The van der Waals surface area contributed by atoms with E-state index >= 15 is 0 Å². The van der Waals surface area contributed by atoms with Gasteiger partial charge in [0.25, 0.3) is 11.7 Å². The third-order valence-electron chi connectivity index (χ3n) is 5.69. The molecule has 1 saturated carbocycles. The van der Waals surface area contributed by atoms with E-state index in [1.807, 2.05) is 24.3 Å². The molecule has 7 nitrogen and oxygen atoms in total. The molecule has 0 spiro atoms. The lowest BCUT2D eigenvalue weighted by atomic mass is 9.95. The second-order valence-electron chi connectivity index (χ2n) is 8.07. The molecule has 33 heavy (non-hydrogen) atoms. The number of carbonyl (C=O) groups is 1. The summed E-state index contributed by atoms with van der Waals surface area (Å²) in [6.45, 7) is 1.76. The molecule has 3 aromatic rings. The maximum Gasteiger partial charge on any atom is 0.337 e. The highest BCUT2D eigenvalue weighted by Crippen LogP contribution is 2.29. The van der Waals surface area contributed by atoms with Crippen molar-refractivity contribution in [3.05, 3.63) is 59.1 Å². The van der Waals surface area contributed by atoms with Crippen LogP contribution >= 0.6 is 23.4 Å². The Morgan fingerprint density at radius 1 is 1.24 bits per heavy atom. The average Bonchev–Trinajstić information content (AvgIpc) is 3.26. The summed E-state index contributed by atoms with van der Waals surface area (Å²) in [6, 6.07) is 14.5. The first-order chi connectivity index (χ1) is 16.0. The second-order valence-corrected chi connectivity index (χ2v) is 9.45. The van der Waals surface area contributed by atoms with Gasteiger partial charge in [-0.2, -0.15) is 5.10 Å². The average molecular weight is 484 g/mol. The predicted octanol–water partition coefficient (Wildman–Crippen LogP) is 4.23. The van der Waals surface area contributed by atoms with Crippen LogP contribution in [0.4, 0.5) is 0 Å². The molecule has 1 aliphatic rings. The fraction of sp³-hybridized carbons (Fsp3) is 0.333. The third kappa shape index (κ3) is 5.94. The number of benzene rings is 2. The zero-order chi connectivity index (χ0) is 23.2. The Morgan fingerprint density at radius 3 is 2.73 bits per heavy atom. The number of aromatic amines is 1. The summed E-state index contributed by atoms with van der Waals surface area (Å²) >= 11 is 7.45. The number of hydrogen-bond donors (Lipinski definition) is 2. The van der Waals surface area contributed by atoms with Gasteiger partial charge in [0.2, 0.25) is 0 Å². The predicted molar refractivity (Wildman–Crippen MR) is 128 cm³/mol. The van der Waals surface area contributed by atoms with E-state index in [0.29, 0.717) is 22.3 Å². The molecule has 0 bridgehead atoms. The highest BCUT2D eigenvalue weighted by Gasteiger charge is 2.30. The van der Waals surface area contributed by atoms with E-state index in [1.165, 1.54) is 43.2 Å². The van der Waals surface area contributed by atoms with Crippen LogP contribution in [0, 0.1) is 0 Å². The van der Waals surface area contributed by atoms with Crippen LogP contribution in [0.15, 0.2) is 58.8 Å². The molecule has 1 aliphatic carbocycles. The standard InChI is InChI=1S/C24H26ClN5O2S/c1-16(18-6-5-9-21(31)14-18)26-27-22(32)15-33-24-29-28-23(17-10-12-19(25)13-11-17)30(24)20-7-3-2-4-8-20/h5-6,9-14,20H,2-4,7-8,15H2,1H3,(H2,27,31,32)/b26-16-. The number of rotatable bonds is 7. The molecule has 4 rings (SSSR count). The van der Waals surface area contributed by atoms with E-state index in [2.05, 4.69) is 25.3 Å². The van der Waals surface area contributed by atoms with Crippen LogP contribution < -0.4 is 15.1 Å². The molecule has 9 heteroatoms. The minimum Gasteiger partial charge on any atom is -0.872 e. The van der Waals surface area contributed by atoms with Crippen molar-refractivity contribution in [1.29, 1.82) is 0 Å². The van der Waals surface area contributed by atoms with Crippen molar-refractivity contribution in [2.75, 3.05) is 5.75 Å². The van der Waals surface area contributed by atoms with Crippen molar-refractivity contribution in [2.24, 2.45) is 5.10 Å². The number of hydrazone groups is 1. The molecule has 0 radical (unpaired) electrons. The van der Waals surface area contributed by atoms with Crippen molar-refractivity contribution in [2.45, 2.75) is 50.2 Å². The van der Waals surface area contributed by atoms with Crippen molar-refractivity contribution in [3.8, 4) is 17.1 Å². The molecular formula is C24H26ClN5O2S. The molecule has 0 saturated heterocycles. The van der Waals surface area contributed by atoms with Gasteiger partial charge in [0.1, 0.15) is 0 Å². The van der Waals surface area contributed by atoms with Gasteiger partial charge in [-0.25, -0.2) is 9.99 Å². The Morgan fingerprint density at radius 2 is 2.00 bits per heavy atom. The summed E-state index contributed by atoms with van der Waals surface area (Å²) in [6.07, 6.45) is 5.81. The fourth-order valence-electron chi connectivity index (χ4n) is 3.99. The molecule has 1 fully saturated rings. The third-order valence-corrected chi connectivity index (χ3v) is 6.90. The lowest BCUT2D eigenvalue weighted by molar-refractivity contribution is -0.749. The Labute approximate surface area is 202 Å². The van der Waals surface area contributed by atoms with Gasteiger partial charge in [-0.3, -0.25) is 4.79 Å². The number of aromatic nitrogens is 3. The van der Waals surface area contributed by atoms with Crippen LogP contribution in [0.25, 0.3) is 11.4 Å². The van der Waals surface area contributed by atoms with Crippen molar-refractivity contribution < 1.29 is 14.5 Å². The van der Waals surface area contributed by atoms with Crippen LogP contribution in [0.1, 0.15) is 50.6 Å². The summed E-state index contributed by atoms with van der Waals surface area (Å²) in [4.78, 5) is 12.5. The molecule has 2 aromatic carbocycles. The van der Waals surface area contributed by atoms with Crippen LogP contribution in [-0.2, 0) is 4.79 Å². The van der Waals surface area contributed by atoms with Crippen LogP contribution in [0.5, 0.6) is 5.75 Å². The summed E-state index contributed by atoms with van der Waals surface area (Å²) in [5.41, 5.74) is 4.85. The van der Waals surface area contributed by atoms with Gasteiger partial charge >= 0.3 is 5.16 Å². The van der Waals surface area contributed by atoms with Gasteiger partial charge in [-0.05, 0) is 74.2 Å². The highest BCUT2D eigenvalue weighted by atomic mass is 35.5. The second kappa shape index (κ2) is 10.9.